The molecule has 8 nitrogen and oxygen atoms in total. The Balaban J connectivity index is 0. The second kappa shape index (κ2) is 17.7. The van der Waals surface area contributed by atoms with Gasteiger partial charge in [-0.05, 0) is 25.7 Å². The van der Waals surface area contributed by atoms with Gasteiger partial charge in [-0.3, -0.25) is 4.79 Å². The molecule has 0 aliphatic heterocycles. The van der Waals surface area contributed by atoms with Gasteiger partial charge in [0.05, 0.1) is 25.7 Å². The molecule has 0 radical (unpaired) electrons. The quantitative estimate of drug-likeness (QED) is 0.0970. The van der Waals surface area contributed by atoms with Crippen molar-refractivity contribution < 1.29 is 63.7 Å². The van der Waals surface area contributed by atoms with E-state index in [2.05, 4.69) is 11.9 Å². The molecule has 0 aliphatic carbocycles. The van der Waals surface area contributed by atoms with Crippen LogP contribution in [0.4, 0.5) is 0 Å². The van der Waals surface area contributed by atoms with Gasteiger partial charge in [-0.2, -0.15) is 0 Å². The Morgan fingerprint density at radius 3 is 2.17 bits per heavy atom. The first-order valence-corrected chi connectivity index (χ1v) is 10.6. The van der Waals surface area contributed by atoms with E-state index in [4.69, 9.17) is 0 Å². The molecule has 0 aliphatic rings. The van der Waals surface area contributed by atoms with Gasteiger partial charge in [0.1, 0.15) is 12.6 Å². The molecular weight excluding hydrogens is 399 g/mol. The fraction of sp³-hybridized carbons (Fsp3) is 0.762. The Morgan fingerprint density at radius 1 is 1.10 bits per heavy atom. The van der Waals surface area contributed by atoms with Crippen molar-refractivity contribution >= 4 is 17.8 Å². The molecule has 0 aromatic rings. The second-order valence-electron chi connectivity index (χ2n) is 7.42. The predicted molar refractivity (Wildman–Crippen MR) is 109 cm³/mol. The molecule has 0 bridgehead atoms. The van der Waals surface area contributed by atoms with Crippen molar-refractivity contribution in [2.45, 2.75) is 77.3 Å². The number of carboxylic acids is 2. The summed E-state index contributed by atoms with van der Waals surface area (Å²) in [5.74, 6) is -2.57. The number of aliphatic hydroxyl groups excluding tert-OH is 1. The Bertz CT molecular complexity index is 506. The number of amides is 1. The molecule has 3 unspecified atom stereocenters. The van der Waals surface area contributed by atoms with Crippen molar-refractivity contribution in [3.63, 3.8) is 0 Å². The molecule has 30 heavy (non-hydrogen) atoms. The maximum Gasteiger partial charge on any atom is 1.00 e. The number of hydrogen-bond acceptors (Lipinski definition) is 5. The molecule has 168 valence electrons. The van der Waals surface area contributed by atoms with E-state index in [-0.39, 0.29) is 79.0 Å². The molecule has 0 rings (SSSR count). The van der Waals surface area contributed by atoms with Crippen LogP contribution in [0, 0.1) is 0 Å². The largest absolute Gasteiger partial charge is 1.00 e. The van der Waals surface area contributed by atoms with Gasteiger partial charge in [0, 0.05) is 19.3 Å². The van der Waals surface area contributed by atoms with E-state index in [0.717, 1.165) is 19.3 Å². The monoisotopic (exact) mass is 437 g/mol. The van der Waals surface area contributed by atoms with Gasteiger partial charge < -0.3 is 29.9 Å². The van der Waals surface area contributed by atoms with Crippen molar-refractivity contribution in [3.05, 3.63) is 12.7 Å². The number of carbonyl (C=O) groups is 3. The number of rotatable bonds is 18. The predicted octanol–water partition coefficient (Wildman–Crippen LogP) is -2.17. The number of nitrogens with zero attached hydrogens (tertiary/aromatic N) is 1. The average Bonchev–Trinajstić information content (AvgIpc) is 2.66. The van der Waals surface area contributed by atoms with Gasteiger partial charge in [-0.1, -0.05) is 26.3 Å². The minimum absolute atomic E-state index is 0. The van der Waals surface area contributed by atoms with Crippen LogP contribution in [0.1, 0.15) is 65.2 Å². The zero-order valence-corrected chi connectivity index (χ0v) is 20.9. The van der Waals surface area contributed by atoms with Crippen molar-refractivity contribution in [1.29, 1.82) is 0 Å². The summed E-state index contributed by atoms with van der Waals surface area (Å²) in [6, 6.07) is -2.06. The number of hydrogen-bond donors (Lipinski definition) is 3. The van der Waals surface area contributed by atoms with Crippen LogP contribution in [0.25, 0.3) is 0 Å². The number of aliphatic hydroxyl groups is 1. The van der Waals surface area contributed by atoms with E-state index < -0.39 is 24.0 Å². The first-order chi connectivity index (χ1) is 13.8. The van der Waals surface area contributed by atoms with Crippen molar-refractivity contribution in [2.24, 2.45) is 0 Å². The first-order valence-electron chi connectivity index (χ1n) is 10.6. The SMILES string of the molecule is C=CCCCCC(=O)NCC[N+](CCO)(C(CCC)C(=O)[O-])C(CCC)C(=O)O.[Na+]. The molecule has 9 heteroatoms. The molecule has 0 fully saturated rings. The van der Waals surface area contributed by atoms with Crippen LogP contribution in [0.2, 0.25) is 0 Å². The summed E-state index contributed by atoms with van der Waals surface area (Å²) in [6.07, 6.45) is 6.19. The average molecular weight is 438 g/mol. The third-order valence-corrected chi connectivity index (χ3v) is 5.35. The Hall–Kier alpha value is -0.930. The van der Waals surface area contributed by atoms with Crippen LogP contribution in [0.15, 0.2) is 12.7 Å². The zero-order chi connectivity index (χ0) is 22.3. The van der Waals surface area contributed by atoms with E-state index in [9.17, 15) is 29.7 Å². The first kappa shape index (κ1) is 31.3. The molecule has 1 amide bonds. The molecule has 0 saturated heterocycles. The number of aliphatic carboxylic acids is 2. The molecule has 0 heterocycles. The molecular formula is C21H38N2NaO6+. The third kappa shape index (κ3) is 10.4. The van der Waals surface area contributed by atoms with Gasteiger partial charge in [-0.25, -0.2) is 4.79 Å². The van der Waals surface area contributed by atoms with Gasteiger partial charge in [0.25, 0.3) is 0 Å². The number of quaternary nitrogens is 1. The number of carboxylic acid groups (broad SMARTS) is 2. The summed E-state index contributed by atoms with van der Waals surface area (Å²) < 4.78 is -0.327. The molecule has 3 atom stereocenters. The Labute approximate surface area is 202 Å². The molecule has 0 spiro atoms. The van der Waals surface area contributed by atoms with Crippen molar-refractivity contribution in [3.8, 4) is 0 Å². The summed E-state index contributed by atoms with van der Waals surface area (Å²) in [5.41, 5.74) is 0. The van der Waals surface area contributed by atoms with Crippen LogP contribution in [0.5, 0.6) is 0 Å². The zero-order valence-electron chi connectivity index (χ0n) is 18.9. The molecule has 0 aromatic carbocycles. The minimum atomic E-state index is -1.32. The van der Waals surface area contributed by atoms with Gasteiger partial charge in [-0.15, -0.1) is 6.58 Å². The van der Waals surface area contributed by atoms with E-state index in [1.807, 2.05) is 13.8 Å². The van der Waals surface area contributed by atoms with Gasteiger partial charge >= 0.3 is 35.5 Å². The van der Waals surface area contributed by atoms with E-state index >= 15 is 0 Å². The van der Waals surface area contributed by atoms with Crippen LogP contribution < -0.4 is 40.0 Å². The summed E-state index contributed by atoms with van der Waals surface area (Å²) in [6.45, 7) is 7.17. The van der Waals surface area contributed by atoms with Gasteiger partial charge in [0.2, 0.25) is 5.91 Å². The van der Waals surface area contributed by atoms with Crippen molar-refractivity contribution in [1.82, 2.24) is 5.32 Å². The molecule has 3 N–H and O–H groups in total. The number of carbonyl (C=O) groups excluding carboxylic acids is 2. The molecule has 0 aromatic heterocycles. The maximum atomic E-state index is 12.1. The van der Waals surface area contributed by atoms with Crippen LogP contribution in [-0.2, 0) is 14.4 Å². The summed E-state index contributed by atoms with van der Waals surface area (Å²) in [5, 5.41) is 34.2. The third-order valence-electron chi connectivity index (χ3n) is 5.35. The summed E-state index contributed by atoms with van der Waals surface area (Å²) in [4.78, 5) is 36.1. The van der Waals surface area contributed by atoms with E-state index in [1.165, 1.54) is 0 Å². The topological polar surface area (TPSA) is 127 Å². The van der Waals surface area contributed by atoms with E-state index in [1.54, 1.807) is 6.08 Å². The maximum absolute atomic E-state index is 12.1. The smallest absolute Gasteiger partial charge is 0.544 e. The minimum Gasteiger partial charge on any atom is -0.544 e. The normalized spacial score (nSPS) is 14.6. The summed E-state index contributed by atoms with van der Waals surface area (Å²) in [7, 11) is 0. The fourth-order valence-electron chi connectivity index (χ4n) is 3.94. The Kier molecular flexibility index (Phi) is 18.5. The number of allylic oxidation sites excluding steroid dienone is 1. The van der Waals surface area contributed by atoms with Crippen LogP contribution in [-0.4, -0.2) is 70.9 Å². The van der Waals surface area contributed by atoms with E-state index in [0.29, 0.717) is 19.3 Å². The standard InChI is InChI=1S/C21H38N2O6.Na/c1-4-7-8-9-12-19(25)22-13-14-23(15-16-24,17(10-5-2)20(26)27)18(11-6-3)21(28)29;/h4,17-18,24H,1,5-16H2,2-3H3,(H2-,22,25,26,27,28,29);/q;+1. The van der Waals surface area contributed by atoms with Crippen LogP contribution in [0.3, 0.4) is 0 Å². The van der Waals surface area contributed by atoms with Crippen LogP contribution >= 0.6 is 0 Å². The second-order valence-corrected chi connectivity index (χ2v) is 7.42. The number of unbranched alkanes of at least 4 members (excludes halogenated alkanes) is 2. The Morgan fingerprint density at radius 2 is 1.70 bits per heavy atom. The summed E-state index contributed by atoms with van der Waals surface area (Å²) >= 11 is 0. The number of nitrogens with one attached hydrogen (secondary N) is 1. The van der Waals surface area contributed by atoms with Gasteiger partial charge in [0.15, 0.2) is 6.04 Å². The van der Waals surface area contributed by atoms with Crippen molar-refractivity contribution in [2.75, 3.05) is 26.2 Å². The molecule has 0 saturated carbocycles. The fourth-order valence-corrected chi connectivity index (χ4v) is 3.94.